The van der Waals surface area contributed by atoms with Gasteiger partial charge in [0.25, 0.3) is 0 Å². The number of imidazole rings is 1. The van der Waals surface area contributed by atoms with E-state index in [1.54, 1.807) is 0 Å². The average Bonchev–Trinajstić information content (AvgIpc) is 3.88. The summed E-state index contributed by atoms with van der Waals surface area (Å²) in [6.07, 6.45) is 11.3. The van der Waals surface area contributed by atoms with Gasteiger partial charge in [0.1, 0.15) is 17.2 Å². The van der Waals surface area contributed by atoms with E-state index in [9.17, 15) is 0 Å². The van der Waals surface area contributed by atoms with Crippen LogP contribution < -0.4 is 0 Å². The van der Waals surface area contributed by atoms with Crippen LogP contribution in [-0.2, 0) is 11.8 Å². The summed E-state index contributed by atoms with van der Waals surface area (Å²) in [6.45, 7) is 4.82. The smallest absolute Gasteiger partial charge is 0.145 e. The van der Waals surface area contributed by atoms with Crippen LogP contribution in [0.4, 0.5) is 0 Å². The largest absolute Gasteiger partial charge is 0.460 e. The predicted octanol–water partition coefficient (Wildman–Crippen LogP) is 12.5. The van der Waals surface area contributed by atoms with Crippen molar-refractivity contribution in [2.45, 2.75) is 32.1 Å². The molecule has 254 valence electrons. The second-order valence-electron chi connectivity index (χ2n) is 15.3. The quantitative estimate of drug-likeness (QED) is 0.185. The lowest BCUT2D eigenvalue weighted by molar-refractivity contribution is 0.182. The molecule has 0 amide bonds. The highest BCUT2D eigenvalue weighted by molar-refractivity contribution is 5.93. The number of furan rings is 1. The molecule has 0 aliphatic heterocycles. The van der Waals surface area contributed by atoms with E-state index in [0.717, 1.165) is 58.0 Å². The third kappa shape index (κ3) is 4.33. The van der Waals surface area contributed by atoms with Gasteiger partial charge in [0.15, 0.2) is 0 Å². The Labute approximate surface area is 307 Å². The minimum atomic E-state index is -0.203. The summed E-state index contributed by atoms with van der Waals surface area (Å²) >= 11 is 0. The normalized spacial score (nSPS) is 19.4. The SMILES string of the molecule is CC1(C2(C)CC=Cc3c2oc2ccccc32)C=Cc2c(c3ccccc3n2-c2ccc(-c3nc4ccccc4n3-c3ccc4ccccc4c3)cc2)C1. The zero-order valence-electron chi connectivity index (χ0n) is 29.8. The number of rotatable bonds is 4. The Balaban J connectivity index is 1.01. The minimum Gasteiger partial charge on any atom is -0.460 e. The summed E-state index contributed by atoms with van der Waals surface area (Å²) in [5.41, 5.74) is 11.1. The van der Waals surface area contributed by atoms with Crippen LogP contribution in [0.1, 0.15) is 42.8 Å². The molecule has 0 saturated heterocycles. The molecule has 9 aromatic rings. The van der Waals surface area contributed by atoms with E-state index in [0.29, 0.717) is 0 Å². The Hall–Kier alpha value is -6.39. The van der Waals surface area contributed by atoms with Crippen molar-refractivity contribution in [1.82, 2.24) is 14.1 Å². The van der Waals surface area contributed by atoms with Gasteiger partial charge in [-0.15, -0.1) is 0 Å². The summed E-state index contributed by atoms with van der Waals surface area (Å²) in [6, 6.07) is 49.9. The number of hydrogen-bond acceptors (Lipinski definition) is 2. The van der Waals surface area contributed by atoms with E-state index >= 15 is 0 Å². The van der Waals surface area contributed by atoms with Gasteiger partial charge in [-0.2, -0.15) is 0 Å². The van der Waals surface area contributed by atoms with Crippen LogP contribution in [0.15, 0.2) is 156 Å². The second kappa shape index (κ2) is 11.1. The summed E-state index contributed by atoms with van der Waals surface area (Å²) in [7, 11) is 0. The van der Waals surface area contributed by atoms with Crippen molar-refractivity contribution in [3.63, 3.8) is 0 Å². The molecule has 6 aromatic carbocycles. The first-order valence-corrected chi connectivity index (χ1v) is 18.6. The van der Waals surface area contributed by atoms with Crippen LogP contribution >= 0.6 is 0 Å². The van der Waals surface area contributed by atoms with Gasteiger partial charge in [0.2, 0.25) is 0 Å². The molecule has 0 fully saturated rings. The molecule has 2 aliphatic rings. The van der Waals surface area contributed by atoms with Gasteiger partial charge in [0, 0.05) is 49.8 Å². The fourth-order valence-electron chi connectivity index (χ4n) is 9.23. The van der Waals surface area contributed by atoms with Crippen molar-refractivity contribution < 1.29 is 4.42 Å². The molecule has 0 spiro atoms. The maximum absolute atomic E-state index is 6.70. The Morgan fingerprint density at radius 1 is 0.642 bits per heavy atom. The topological polar surface area (TPSA) is 35.9 Å². The van der Waals surface area contributed by atoms with Gasteiger partial charge < -0.3 is 8.98 Å². The van der Waals surface area contributed by atoms with Crippen LogP contribution in [0.2, 0.25) is 0 Å². The number of aromatic nitrogens is 3. The molecule has 3 aromatic heterocycles. The maximum atomic E-state index is 6.70. The summed E-state index contributed by atoms with van der Waals surface area (Å²) in [4.78, 5) is 5.18. The van der Waals surface area contributed by atoms with Crippen molar-refractivity contribution in [3.05, 3.63) is 174 Å². The third-order valence-corrected chi connectivity index (χ3v) is 12.3. The number of benzene rings is 6. The average molecular weight is 684 g/mol. The zero-order valence-corrected chi connectivity index (χ0v) is 29.8. The van der Waals surface area contributed by atoms with Crippen molar-refractivity contribution in [1.29, 1.82) is 0 Å². The van der Waals surface area contributed by atoms with E-state index < -0.39 is 0 Å². The fraction of sp³-hybridized carbons (Fsp3) is 0.122. The molecule has 4 nitrogen and oxygen atoms in total. The van der Waals surface area contributed by atoms with Crippen LogP contribution in [0.3, 0.4) is 0 Å². The van der Waals surface area contributed by atoms with Crippen molar-refractivity contribution >= 4 is 55.8 Å². The highest BCUT2D eigenvalue weighted by Crippen LogP contribution is 2.55. The molecule has 2 aliphatic carbocycles. The lowest BCUT2D eigenvalue weighted by atomic mass is 9.57. The summed E-state index contributed by atoms with van der Waals surface area (Å²) < 4.78 is 11.4. The molecule has 2 unspecified atom stereocenters. The van der Waals surface area contributed by atoms with Crippen molar-refractivity contribution in [2.24, 2.45) is 5.41 Å². The Kier molecular flexibility index (Phi) is 6.31. The molecule has 53 heavy (non-hydrogen) atoms. The molecule has 0 N–H and O–H groups in total. The second-order valence-corrected chi connectivity index (χ2v) is 15.3. The zero-order chi connectivity index (χ0) is 35.3. The van der Waals surface area contributed by atoms with Gasteiger partial charge in [-0.3, -0.25) is 4.57 Å². The predicted molar refractivity (Wildman–Crippen MR) is 219 cm³/mol. The highest BCUT2D eigenvalue weighted by Gasteiger charge is 2.50. The van der Waals surface area contributed by atoms with Gasteiger partial charge in [-0.25, -0.2) is 4.98 Å². The molecule has 0 saturated carbocycles. The number of hydrogen-bond donors (Lipinski definition) is 0. The molecule has 4 heteroatoms. The number of para-hydroxylation sites is 4. The number of allylic oxidation sites excluding steroid dienone is 2. The fourth-order valence-corrected chi connectivity index (χ4v) is 9.23. The molecular formula is C49H37N3O. The van der Waals surface area contributed by atoms with E-state index in [-0.39, 0.29) is 10.8 Å². The van der Waals surface area contributed by atoms with Gasteiger partial charge in [-0.1, -0.05) is 111 Å². The van der Waals surface area contributed by atoms with Crippen molar-refractivity contribution in [3.8, 4) is 22.8 Å². The first kappa shape index (κ1) is 30.3. The lowest BCUT2D eigenvalue weighted by Crippen LogP contribution is -2.43. The molecule has 11 rings (SSSR count). The standard InChI is InChI=1S/C49H37N3O/c1-48(49(2)28-11-16-39-38-15-6-10-20-45(38)53-46(39)49)29-27-43-40(31-48)37-14-5-8-18-42(37)51(43)35-24-22-33(23-25-35)47-50-41-17-7-9-19-44(41)52(47)36-26-21-32-12-3-4-13-34(32)30-36/h3-27,29-30H,28,31H2,1-2H3. The van der Waals surface area contributed by atoms with Crippen molar-refractivity contribution in [2.75, 3.05) is 0 Å². The summed E-state index contributed by atoms with van der Waals surface area (Å²) in [5.74, 6) is 2.04. The van der Waals surface area contributed by atoms with E-state index in [1.165, 1.54) is 43.9 Å². The number of fused-ring (bicyclic) bond motifs is 8. The molecule has 3 heterocycles. The molecule has 2 atom stereocenters. The first-order chi connectivity index (χ1) is 26.0. The van der Waals surface area contributed by atoms with Gasteiger partial charge in [0.05, 0.1) is 16.6 Å². The van der Waals surface area contributed by atoms with Crippen LogP contribution in [0.25, 0.3) is 78.6 Å². The number of nitrogens with zero attached hydrogens (tertiary/aromatic N) is 3. The monoisotopic (exact) mass is 683 g/mol. The molecular weight excluding hydrogens is 647 g/mol. The lowest BCUT2D eigenvalue weighted by Gasteiger charge is -2.46. The van der Waals surface area contributed by atoms with Gasteiger partial charge >= 0.3 is 0 Å². The van der Waals surface area contributed by atoms with E-state index in [4.69, 9.17) is 9.40 Å². The Morgan fingerprint density at radius 2 is 1.36 bits per heavy atom. The van der Waals surface area contributed by atoms with Crippen LogP contribution in [0, 0.1) is 5.41 Å². The first-order valence-electron chi connectivity index (χ1n) is 18.6. The van der Waals surface area contributed by atoms with Crippen LogP contribution in [0.5, 0.6) is 0 Å². The van der Waals surface area contributed by atoms with Crippen LogP contribution in [-0.4, -0.2) is 14.1 Å². The van der Waals surface area contributed by atoms with E-state index in [2.05, 4.69) is 187 Å². The Bertz CT molecular complexity index is 2990. The molecule has 0 radical (unpaired) electrons. The Morgan fingerprint density at radius 3 is 2.23 bits per heavy atom. The van der Waals surface area contributed by atoms with Gasteiger partial charge in [-0.05, 0) is 95.9 Å². The summed E-state index contributed by atoms with van der Waals surface area (Å²) in [5, 5.41) is 4.94. The minimum absolute atomic E-state index is 0.159. The highest BCUT2D eigenvalue weighted by atomic mass is 16.3. The maximum Gasteiger partial charge on any atom is 0.145 e. The molecule has 0 bridgehead atoms. The third-order valence-electron chi connectivity index (χ3n) is 12.3. The van der Waals surface area contributed by atoms with E-state index in [1.807, 2.05) is 0 Å².